The summed E-state index contributed by atoms with van der Waals surface area (Å²) >= 11 is 0. The predicted molar refractivity (Wildman–Crippen MR) is 41.3 cm³/mol. The first-order valence-corrected chi connectivity index (χ1v) is 4.00. The lowest BCUT2D eigenvalue weighted by atomic mass is 10.3. The maximum Gasteiger partial charge on any atom is 0.138 e. The van der Waals surface area contributed by atoms with Crippen LogP contribution in [0.2, 0.25) is 0 Å². The molecule has 1 aliphatic rings. The van der Waals surface area contributed by atoms with Crippen molar-refractivity contribution >= 4 is 0 Å². The van der Waals surface area contributed by atoms with E-state index in [0.717, 1.165) is 12.8 Å². The van der Waals surface area contributed by atoms with Crippen LogP contribution in [0.15, 0.2) is 0 Å². The second-order valence-electron chi connectivity index (χ2n) is 3.32. The lowest BCUT2D eigenvalue weighted by Gasteiger charge is -2.00. The third-order valence-electron chi connectivity index (χ3n) is 2.28. The molecule has 0 aliphatic heterocycles. The van der Waals surface area contributed by atoms with Gasteiger partial charge in [0.25, 0.3) is 0 Å². The average molecular weight is 170 g/mol. The SMILES string of the molecule is Cc1[nH]c(C2(O)CC2)nc1CF. The number of hydrogen-bond donors (Lipinski definition) is 2. The summed E-state index contributed by atoms with van der Waals surface area (Å²) in [4.78, 5) is 6.88. The molecule has 0 unspecified atom stereocenters. The molecule has 2 N–H and O–H groups in total. The highest BCUT2D eigenvalue weighted by Crippen LogP contribution is 2.43. The number of hydrogen-bond acceptors (Lipinski definition) is 2. The third-order valence-corrected chi connectivity index (χ3v) is 2.28. The first kappa shape index (κ1) is 7.73. The van der Waals surface area contributed by atoms with Crippen LogP contribution in [0.25, 0.3) is 0 Å². The van der Waals surface area contributed by atoms with Crippen LogP contribution in [-0.4, -0.2) is 15.1 Å². The van der Waals surface area contributed by atoms with E-state index in [2.05, 4.69) is 9.97 Å². The Kier molecular flexibility index (Phi) is 1.48. The quantitative estimate of drug-likeness (QED) is 0.699. The van der Waals surface area contributed by atoms with Crippen LogP contribution in [0.4, 0.5) is 4.39 Å². The molecule has 66 valence electrons. The minimum absolute atomic E-state index is 0.408. The van der Waals surface area contributed by atoms with Crippen LogP contribution >= 0.6 is 0 Å². The van der Waals surface area contributed by atoms with E-state index in [9.17, 15) is 9.50 Å². The highest BCUT2D eigenvalue weighted by atomic mass is 19.1. The van der Waals surface area contributed by atoms with Crippen molar-refractivity contribution in [2.75, 3.05) is 0 Å². The Labute approximate surface area is 69.6 Å². The van der Waals surface area contributed by atoms with Crippen molar-refractivity contribution < 1.29 is 9.50 Å². The molecule has 1 aromatic heterocycles. The minimum atomic E-state index is -0.780. The molecular formula is C8H11FN2O. The fourth-order valence-electron chi connectivity index (χ4n) is 1.20. The van der Waals surface area contributed by atoms with E-state index < -0.39 is 12.3 Å². The van der Waals surface area contributed by atoms with Crippen LogP contribution < -0.4 is 0 Å². The van der Waals surface area contributed by atoms with Gasteiger partial charge >= 0.3 is 0 Å². The zero-order chi connectivity index (χ0) is 8.77. The largest absolute Gasteiger partial charge is 0.382 e. The molecule has 0 saturated heterocycles. The van der Waals surface area contributed by atoms with Gasteiger partial charge in [-0.3, -0.25) is 0 Å². The van der Waals surface area contributed by atoms with Gasteiger partial charge in [0.1, 0.15) is 18.1 Å². The highest BCUT2D eigenvalue weighted by molar-refractivity contribution is 5.19. The zero-order valence-corrected chi connectivity index (χ0v) is 6.89. The number of aromatic nitrogens is 2. The van der Waals surface area contributed by atoms with E-state index in [0.29, 0.717) is 17.2 Å². The number of H-pyrrole nitrogens is 1. The third kappa shape index (κ3) is 1.03. The van der Waals surface area contributed by atoms with Gasteiger partial charge in [0.2, 0.25) is 0 Å². The van der Waals surface area contributed by atoms with Crippen LogP contribution in [-0.2, 0) is 12.3 Å². The Morgan fingerprint density at radius 2 is 2.33 bits per heavy atom. The van der Waals surface area contributed by atoms with Crippen LogP contribution in [0, 0.1) is 6.92 Å². The fourth-order valence-corrected chi connectivity index (χ4v) is 1.20. The summed E-state index contributed by atoms with van der Waals surface area (Å²) in [6.45, 7) is 1.19. The Morgan fingerprint density at radius 1 is 1.67 bits per heavy atom. The van der Waals surface area contributed by atoms with Gasteiger partial charge in [-0.2, -0.15) is 0 Å². The molecule has 1 heterocycles. The predicted octanol–water partition coefficient (Wildman–Crippen LogP) is 1.17. The Balaban J connectivity index is 2.34. The minimum Gasteiger partial charge on any atom is -0.382 e. The van der Waals surface area contributed by atoms with Crippen LogP contribution in [0.3, 0.4) is 0 Å². The van der Waals surface area contributed by atoms with Gasteiger partial charge in [0, 0.05) is 5.69 Å². The monoisotopic (exact) mass is 170 g/mol. The normalized spacial score (nSPS) is 19.6. The molecule has 0 atom stereocenters. The second kappa shape index (κ2) is 2.29. The molecule has 4 heteroatoms. The number of aromatic amines is 1. The second-order valence-corrected chi connectivity index (χ2v) is 3.32. The van der Waals surface area contributed by atoms with Gasteiger partial charge in [-0.1, -0.05) is 0 Å². The topological polar surface area (TPSA) is 48.9 Å². The highest BCUT2D eigenvalue weighted by Gasteiger charge is 2.45. The van der Waals surface area contributed by atoms with Crippen molar-refractivity contribution in [2.24, 2.45) is 0 Å². The molecule has 12 heavy (non-hydrogen) atoms. The standard InChI is InChI=1S/C8H11FN2O/c1-5-6(4-9)11-7(10-5)8(12)2-3-8/h12H,2-4H2,1H3,(H,10,11). The first-order valence-electron chi connectivity index (χ1n) is 4.00. The number of nitrogens with one attached hydrogen (secondary N) is 1. The van der Waals surface area contributed by atoms with Crippen molar-refractivity contribution in [1.82, 2.24) is 9.97 Å². The molecule has 0 spiro atoms. The summed E-state index contributed by atoms with van der Waals surface area (Å²) in [6, 6.07) is 0. The summed E-state index contributed by atoms with van der Waals surface area (Å²) < 4.78 is 12.2. The summed E-state index contributed by atoms with van der Waals surface area (Å²) in [5.41, 5.74) is 0.344. The van der Waals surface area contributed by atoms with Crippen molar-refractivity contribution in [2.45, 2.75) is 32.0 Å². The van der Waals surface area contributed by atoms with E-state index in [1.807, 2.05) is 0 Å². The van der Waals surface area contributed by atoms with Crippen molar-refractivity contribution in [3.63, 3.8) is 0 Å². The maximum atomic E-state index is 12.2. The number of aryl methyl sites for hydroxylation is 1. The van der Waals surface area contributed by atoms with Gasteiger partial charge in [0.05, 0.1) is 5.69 Å². The van der Waals surface area contributed by atoms with Crippen molar-refractivity contribution in [3.8, 4) is 0 Å². The van der Waals surface area contributed by atoms with Crippen LogP contribution in [0.5, 0.6) is 0 Å². The number of halogens is 1. The summed E-state index contributed by atoms with van der Waals surface area (Å²) in [5.74, 6) is 0.521. The average Bonchev–Trinajstić information content (AvgIpc) is 2.65. The molecule has 0 amide bonds. The summed E-state index contributed by atoms with van der Waals surface area (Å²) in [7, 11) is 0. The van der Waals surface area contributed by atoms with E-state index in [1.54, 1.807) is 6.92 Å². The first-order chi connectivity index (χ1) is 5.65. The molecule has 3 nitrogen and oxygen atoms in total. The molecular weight excluding hydrogens is 159 g/mol. The molecule has 1 aliphatic carbocycles. The number of alkyl halides is 1. The van der Waals surface area contributed by atoms with Gasteiger partial charge in [-0.15, -0.1) is 0 Å². The number of nitrogens with zero attached hydrogens (tertiary/aromatic N) is 1. The lowest BCUT2D eigenvalue weighted by Crippen LogP contribution is -2.06. The van der Waals surface area contributed by atoms with E-state index in [1.165, 1.54) is 0 Å². The zero-order valence-electron chi connectivity index (χ0n) is 6.89. The number of imidazole rings is 1. The van der Waals surface area contributed by atoms with Gasteiger partial charge in [-0.25, -0.2) is 9.37 Å². The molecule has 2 rings (SSSR count). The molecule has 1 saturated carbocycles. The van der Waals surface area contributed by atoms with Gasteiger partial charge in [0.15, 0.2) is 0 Å². The van der Waals surface area contributed by atoms with E-state index >= 15 is 0 Å². The van der Waals surface area contributed by atoms with Gasteiger partial charge in [-0.05, 0) is 19.8 Å². The summed E-state index contributed by atoms with van der Waals surface area (Å²) in [5, 5.41) is 9.62. The lowest BCUT2D eigenvalue weighted by molar-refractivity contribution is 0.142. The van der Waals surface area contributed by atoms with Crippen molar-refractivity contribution in [3.05, 3.63) is 17.2 Å². The summed E-state index contributed by atoms with van der Waals surface area (Å²) in [6.07, 6.45) is 1.46. The maximum absolute atomic E-state index is 12.2. The Bertz CT molecular complexity index is 304. The number of aliphatic hydroxyl groups is 1. The molecule has 1 aromatic rings. The number of rotatable bonds is 2. The molecule has 0 aromatic carbocycles. The van der Waals surface area contributed by atoms with Crippen molar-refractivity contribution in [1.29, 1.82) is 0 Å². The van der Waals surface area contributed by atoms with Crippen LogP contribution in [0.1, 0.15) is 30.1 Å². The Morgan fingerprint density at radius 3 is 2.75 bits per heavy atom. The van der Waals surface area contributed by atoms with Gasteiger partial charge < -0.3 is 10.1 Å². The molecule has 0 radical (unpaired) electrons. The molecule has 0 bridgehead atoms. The van der Waals surface area contributed by atoms with E-state index in [-0.39, 0.29) is 0 Å². The Hall–Kier alpha value is -0.900. The van der Waals surface area contributed by atoms with E-state index in [4.69, 9.17) is 0 Å². The smallest absolute Gasteiger partial charge is 0.138 e. The molecule has 1 fully saturated rings. The fraction of sp³-hybridized carbons (Fsp3) is 0.625.